The summed E-state index contributed by atoms with van der Waals surface area (Å²) in [5, 5.41) is 0. The summed E-state index contributed by atoms with van der Waals surface area (Å²) in [7, 11) is 0. The van der Waals surface area contributed by atoms with Gasteiger partial charge in [-0.3, -0.25) is 19.3 Å². The molecule has 0 saturated carbocycles. The predicted octanol–water partition coefficient (Wildman–Crippen LogP) is -0.635. The van der Waals surface area contributed by atoms with Gasteiger partial charge in [0.1, 0.15) is 13.1 Å². The summed E-state index contributed by atoms with van der Waals surface area (Å²) in [5.74, 6) is 0. The Hall–Kier alpha value is -1.69. The summed E-state index contributed by atoms with van der Waals surface area (Å²) in [4.78, 5) is 7.73. The van der Waals surface area contributed by atoms with Gasteiger partial charge in [0.2, 0.25) is 6.34 Å². The van der Waals surface area contributed by atoms with Crippen LogP contribution in [0.4, 0.5) is 0 Å². The minimum absolute atomic E-state index is 0. The molecule has 0 spiro atoms. The van der Waals surface area contributed by atoms with Crippen LogP contribution in [0.5, 0.6) is 0 Å². The minimum atomic E-state index is 0. The second kappa shape index (κ2) is 10.7. The van der Waals surface area contributed by atoms with Crippen LogP contribution in [-0.2, 0) is 13.1 Å². The molecule has 2 aromatic rings. The van der Waals surface area contributed by atoms with Crippen LogP contribution in [0.2, 0.25) is 0 Å². The maximum Gasteiger partial charge on any atom is 0.234 e. The summed E-state index contributed by atoms with van der Waals surface area (Å²) in [6, 6.07) is 21.8. The van der Waals surface area contributed by atoms with Gasteiger partial charge in [-0.25, -0.2) is 0 Å². The van der Waals surface area contributed by atoms with E-state index in [2.05, 4.69) is 86.3 Å². The lowest BCUT2D eigenvalue weighted by atomic mass is 10.2. The number of benzene rings is 2. The van der Waals surface area contributed by atoms with Gasteiger partial charge in [-0.1, -0.05) is 60.7 Å². The highest BCUT2D eigenvalue weighted by molar-refractivity contribution is 5.50. The zero-order chi connectivity index (χ0) is 18.3. The smallest absolute Gasteiger partial charge is 0.234 e. The Morgan fingerprint density at radius 3 is 1.71 bits per heavy atom. The van der Waals surface area contributed by atoms with Crippen molar-refractivity contribution in [1.82, 2.24) is 14.7 Å². The number of hydrogen-bond donors (Lipinski definition) is 0. The molecule has 5 heteroatoms. The maximum atomic E-state index is 2.62. The van der Waals surface area contributed by atoms with Crippen molar-refractivity contribution >= 4 is 6.34 Å². The minimum Gasteiger partial charge on any atom is -1.00 e. The Balaban J connectivity index is 0.00000225. The SMILES string of the molecule is C1=[N+]2CCN1CCN(Cc1ccccc1)CCN(Cc1ccccc1)CC2.[Br-]. The molecule has 0 radical (unpaired) electrons. The molecule has 0 fully saturated rings. The first-order valence-electron chi connectivity index (χ1n) is 10.2. The number of hydrogen-bond acceptors (Lipinski definition) is 3. The zero-order valence-corrected chi connectivity index (χ0v) is 18.2. The van der Waals surface area contributed by atoms with Crippen LogP contribution in [0.1, 0.15) is 11.1 Å². The maximum absolute atomic E-state index is 2.62. The van der Waals surface area contributed by atoms with Crippen LogP contribution in [0.15, 0.2) is 60.7 Å². The molecule has 0 saturated heterocycles. The van der Waals surface area contributed by atoms with Gasteiger partial charge in [0.25, 0.3) is 0 Å². The van der Waals surface area contributed by atoms with Crippen molar-refractivity contribution in [3.8, 4) is 0 Å². The molecule has 2 aliphatic heterocycles. The van der Waals surface area contributed by atoms with E-state index in [1.54, 1.807) is 0 Å². The van der Waals surface area contributed by atoms with Gasteiger partial charge in [-0.05, 0) is 11.1 Å². The van der Waals surface area contributed by atoms with Gasteiger partial charge in [-0.15, -0.1) is 0 Å². The van der Waals surface area contributed by atoms with E-state index >= 15 is 0 Å². The predicted molar refractivity (Wildman–Crippen MR) is 111 cm³/mol. The van der Waals surface area contributed by atoms with E-state index in [0.717, 1.165) is 65.4 Å². The standard InChI is InChI=1S/C23H31N4.BrH/c1-3-7-22(8-4-1)19-24-11-12-25(20-23-9-5-2-6-10-23)14-16-27-18-17-26(21-27)15-13-24;/h1-10,21H,11-20H2;1H/q+1;/p-1. The van der Waals surface area contributed by atoms with Gasteiger partial charge < -0.3 is 17.0 Å². The largest absolute Gasteiger partial charge is 1.00 e. The zero-order valence-electron chi connectivity index (χ0n) is 16.6. The highest BCUT2D eigenvalue weighted by Gasteiger charge is 2.22. The first-order valence-corrected chi connectivity index (χ1v) is 10.2. The van der Waals surface area contributed by atoms with Crippen LogP contribution in [0, 0.1) is 0 Å². The van der Waals surface area contributed by atoms with Crippen molar-refractivity contribution < 1.29 is 21.6 Å². The summed E-state index contributed by atoms with van der Waals surface area (Å²) < 4.78 is 2.49. The van der Waals surface area contributed by atoms with E-state index in [9.17, 15) is 0 Å². The summed E-state index contributed by atoms with van der Waals surface area (Å²) in [6.45, 7) is 11.1. The fraction of sp³-hybridized carbons (Fsp3) is 0.435. The van der Waals surface area contributed by atoms with E-state index in [-0.39, 0.29) is 17.0 Å². The van der Waals surface area contributed by atoms with Crippen LogP contribution >= 0.6 is 0 Å². The molecule has 0 aromatic heterocycles. The Bertz CT molecular complexity index is 735. The fourth-order valence-electron chi connectivity index (χ4n) is 3.99. The van der Waals surface area contributed by atoms with Gasteiger partial charge in [-0.2, -0.15) is 0 Å². The Labute approximate surface area is 179 Å². The molecule has 2 aromatic carbocycles. The Morgan fingerprint density at radius 1 is 0.607 bits per heavy atom. The lowest BCUT2D eigenvalue weighted by Gasteiger charge is -2.28. The van der Waals surface area contributed by atoms with Crippen LogP contribution in [0.25, 0.3) is 0 Å². The second-order valence-electron chi connectivity index (χ2n) is 7.71. The lowest BCUT2D eigenvalue weighted by molar-refractivity contribution is -0.514. The number of nitrogens with zero attached hydrogens (tertiary/aromatic N) is 4. The van der Waals surface area contributed by atoms with Crippen molar-refractivity contribution in [3.63, 3.8) is 0 Å². The normalized spacial score (nSPS) is 18.9. The molecule has 0 atom stereocenters. The molecular formula is C23H31BrN4. The van der Waals surface area contributed by atoms with E-state index in [4.69, 9.17) is 0 Å². The molecule has 2 bridgehead atoms. The van der Waals surface area contributed by atoms with E-state index in [0.29, 0.717) is 0 Å². The van der Waals surface area contributed by atoms with Crippen molar-refractivity contribution in [3.05, 3.63) is 71.8 Å². The van der Waals surface area contributed by atoms with Crippen molar-refractivity contribution in [2.75, 3.05) is 52.4 Å². The molecule has 150 valence electrons. The van der Waals surface area contributed by atoms with Crippen molar-refractivity contribution in [2.24, 2.45) is 0 Å². The number of fused-ring (bicyclic) bond motifs is 1. The van der Waals surface area contributed by atoms with Crippen molar-refractivity contribution in [2.45, 2.75) is 13.1 Å². The molecule has 0 amide bonds. The fourth-order valence-corrected chi connectivity index (χ4v) is 3.99. The molecule has 2 aliphatic rings. The first-order chi connectivity index (χ1) is 13.3. The molecule has 2 heterocycles. The number of halogens is 1. The first kappa shape index (κ1) is 21.0. The molecule has 4 rings (SSSR count). The molecule has 0 N–H and O–H groups in total. The van der Waals surface area contributed by atoms with Crippen molar-refractivity contribution in [1.29, 1.82) is 0 Å². The van der Waals surface area contributed by atoms with Crippen LogP contribution in [0.3, 0.4) is 0 Å². The van der Waals surface area contributed by atoms with Gasteiger partial charge >= 0.3 is 0 Å². The summed E-state index contributed by atoms with van der Waals surface area (Å²) in [5.41, 5.74) is 2.82. The van der Waals surface area contributed by atoms with Gasteiger partial charge in [0.05, 0.1) is 13.1 Å². The topological polar surface area (TPSA) is 12.7 Å². The average molecular weight is 443 g/mol. The van der Waals surface area contributed by atoms with Gasteiger partial charge in [0.15, 0.2) is 0 Å². The van der Waals surface area contributed by atoms with Crippen LogP contribution in [-0.4, -0.2) is 78.0 Å². The third-order valence-electron chi connectivity index (χ3n) is 5.64. The molecular weight excluding hydrogens is 412 g/mol. The van der Waals surface area contributed by atoms with Gasteiger partial charge in [0, 0.05) is 39.3 Å². The average Bonchev–Trinajstić information content (AvgIpc) is 3.15. The highest BCUT2D eigenvalue weighted by Crippen LogP contribution is 2.09. The monoisotopic (exact) mass is 442 g/mol. The lowest BCUT2D eigenvalue weighted by Crippen LogP contribution is -3.00. The molecule has 0 aliphatic carbocycles. The quantitative estimate of drug-likeness (QED) is 0.584. The second-order valence-corrected chi connectivity index (χ2v) is 7.71. The number of rotatable bonds is 4. The van der Waals surface area contributed by atoms with Crippen LogP contribution < -0.4 is 17.0 Å². The Kier molecular flexibility index (Phi) is 8.07. The molecule has 4 nitrogen and oxygen atoms in total. The third-order valence-corrected chi connectivity index (χ3v) is 5.64. The van der Waals surface area contributed by atoms with E-state index in [1.807, 2.05) is 0 Å². The third kappa shape index (κ3) is 6.16. The summed E-state index contributed by atoms with van der Waals surface area (Å²) >= 11 is 0. The molecule has 28 heavy (non-hydrogen) atoms. The van der Waals surface area contributed by atoms with E-state index in [1.165, 1.54) is 11.1 Å². The highest BCUT2D eigenvalue weighted by atomic mass is 79.9. The summed E-state index contributed by atoms with van der Waals surface area (Å²) in [6.07, 6.45) is 2.35. The molecule has 0 unspecified atom stereocenters. The Morgan fingerprint density at radius 2 is 1.11 bits per heavy atom. The van der Waals surface area contributed by atoms with E-state index < -0.39 is 0 Å².